The maximum absolute atomic E-state index is 16.4. The molecule has 0 radical (unpaired) electrons. The van der Waals surface area contributed by atoms with Crippen molar-refractivity contribution in [3.8, 4) is 0 Å². The number of amides is 1. The second-order valence-electron chi connectivity index (χ2n) is 22.2. The second-order valence-corrected chi connectivity index (χ2v) is 26.9. The van der Waals surface area contributed by atoms with Gasteiger partial charge in [-0.1, -0.05) is 83.1 Å². The number of carbonyl (C=O) groups excluding carboxylic acids is 6. The largest absolute Gasteiger partial charge is 0.456 e. The highest BCUT2D eigenvalue weighted by Crippen LogP contribution is 2.65. The molecule has 2 saturated heterocycles. The molecule has 1 amide bonds. The fourth-order valence-corrected chi connectivity index (χ4v) is 15.3. The molecule has 1 N–H and O–H groups in total. The van der Waals surface area contributed by atoms with Crippen LogP contribution in [0.3, 0.4) is 0 Å². The van der Waals surface area contributed by atoms with Crippen molar-refractivity contribution in [2.24, 2.45) is 16.7 Å². The Morgan fingerprint density at radius 2 is 1.44 bits per heavy atom. The highest BCUT2D eigenvalue weighted by Gasteiger charge is 2.79. The molecule has 2 saturated carbocycles. The third-order valence-electron chi connectivity index (χ3n) is 16.3. The van der Waals surface area contributed by atoms with Crippen molar-refractivity contribution in [1.82, 2.24) is 4.90 Å². The first-order chi connectivity index (χ1) is 33.1. The van der Waals surface area contributed by atoms with Crippen LogP contribution in [0.1, 0.15) is 132 Å². The minimum Gasteiger partial charge on any atom is -0.456 e. The van der Waals surface area contributed by atoms with Gasteiger partial charge in [-0.25, -0.2) is 14.4 Å². The van der Waals surface area contributed by atoms with Crippen LogP contribution in [0.4, 0.5) is 4.79 Å². The maximum atomic E-state index is 16.4. The van der Waals surface area contributed by atoms with Crippen molar-refractivity contribution < 1.29 is 71.5 Å². The van der Waals surface area contributed by atoms with E-state index in [-0.39, 0.29) is 24.2 Å². The predicted octanol–water partition coefficient (Wildman–Crippen LogP) is 8.35. The fourth-order valence-electron chi connectivity index (χ4n) is 12.4. The number of rotatable bonds is 12. The van der Waals surface area contributed by atoms with Crippen LogP contribution in [0, 0.1) is 16.7 Å². The van der Waals surface area contributed by atoms with Crippen LogP contribution >= 0.6 is 0 Å². The van der Waals surface area contributed by atoms with Gasteiger partial charge >= 0.3 is 30.0 Å². The number of aliphatic hydroxyl groups is 1. The molecule has 2 aromatic rings. The lowest BCUT2D eigenvalue weighted by molar-refractivity contribution is -0.344. The minimum atomic E-state index is -2.63. The van der Waals surface area contributed by atoms with Gasteiger partial charge in [-0.3, -0.25) is 19.3 Å². The molecule has 2 aromatic carbocycles. The van der Waals surface area contributed by atoms with Crippen molar-refractivity contribution in [2.45, 2.75) is 193 Å². The smallest absolute Gasteiger partial charge is 0.413 e. The van der Waals surface area contributed by atoms with E-state index in [1.807, 2.05) is 0 Å². The topological polar surface area (TPSA) is 200 Å². The Kier molecular flexibility index (Phi) is 14.5. The number of Topliss-reactive ketones (excluding diaryl/α,β-unsaturated/α-hetero) is 1. The van der Waals surface area contributed by atoms with Crippen molar-refractivity contribution >= 4 is 44.1 Å². The Labute approximate surface area is 418 Å². The van der Waals surface area contributed by atoms with Crippen molar-refractivity contribution in [3.05, 3.63) is 82.9 Å². The standard InChI is InChI=1S/C54H73NO15Si/c1-15-71(16-2,17-3)70-37-28-38-53(30-63-38,67-33(6)57)43-45(66-46(59)35-26-22-19-23-27-35)54(62)29-36(31(4)39(50(54,10)11)41(64-32(5)56)44(58)52(37,43)14)65-47(60)42-40(34-24-20-18-21-25-34)55(51(12,13)68-42)48(61)69-49(7,8)9/h18-27,36-38,40-43,45,62H,15-17,28-30H2,1-14H3/t36-,37+,38-,40+,41-,42-,43+,45+,52-,53+,54-/m1/s1. The Hall–Kier alpha value is -4.94. The molecule has 3 aliphatic carbocycles. The molecule has 388 valence electrons. The molecule has 2 bridgehead atoms. The fraction of sp³-hybridized carbons (Fsp3) is 0.630. The SMILES string of the molecule is CC[Si](CC)(CC)O[C@H]1C[C@H]2OC[C@@]2(OC(C)=O)[C@H]2[C@H](OC(=O)c3ccccc3)[C@]3(O)C[C@@H](OC(=O)[C@@H]4OC(C)(C)N(C(=O)OC(C)(C)C)[C@H]4c4ccccc4)C(C)=C([C@@H](OC(C)=O)C(=O)[C@]12C)C3(C)C. The molecule has 0 aromatic heterocycles. The number of ketones is 1. The van der Waals surface area contributed by atoms with Gasteiger partial charge in [0, 0.05) is 32.1 Å². The Morgan fingerprint density at radius 3 is 1.96 bits per heavy atom. The first kappa shape index (κ1) is 53.8. The molecule has 2 heterocycles. The zero-order valence-corrected chi connectivity index (χ0v) is 44.7. The summed E-state index contributed by atoms with van der Waals surface area (Å²) in [6, 6.07) is 18.1. The average molecular weight is 1000 g/mol. The Bertz CT molecular complexity index is 2420. The van der Waals surface area contributed by atoms with Crippen LogP contribution in [0.25, 0.3) is 0 Å². The summed E-state index contributed by atoms with van der Waals surface area (Å²) in [4.78, 5) is 88.8. The highest BCUT2D eigenvalue weighted by molar-refractivity contribution is 6.73. The van der Waals surface area contributed by atoms with E-state index >= 15 is 9.59 Å². The Morgan fingerprint density at radius 1 is 0.845 bits per heavy atom. The molecule has 5 aliphatic rings. The summed E-state index contributed by atoms with van der Waals surface area (Å²) in [7, 11) is -2.63. The van der Waals surface area contributed by atoms with Gasteiger partial charge in [0.2, 0.25) is 0 Å². The van der Waals surface area contributed by atoms with E-state index in [4.69, 9.17) is 37.6 Å². The van der Waals surface area contributed by atoms with Gasteiger partial charge in [-0.2, -0.15) is 0 Å². The van der Waals surface area contributed by atoms with Gasteiger partial charge in [0.25, 0.3) is 0 Å². The lowest BCUT2D eigenvalue weighted by Crippen LogP contribution is -2.82. The normalized spacial score (nSPS) is 33.0. The average Bonchev–Trinajstić information content (AvgIpc) is 3.59. The van der Waals surface area contributed by atoms with E-state index in [0.29, 0.717) is 29.3 Å². The third kappa shape index (κ3) is 9.16. The number of ether oxygens (including phenoxy) is 7. The van der Waals surface area contributed by atoms with Gasteiger partial charge < -0.3 is 42.7 Å². The summed E-state index contributed by atoms with van der Waals surface area (Å²) >= 11 is 0. The number of esters is 4. The summed E-state index contributed by atoms with van der Waals surface area (Å²) < 4.78 is 51.8. The van der Waals surface area contributed by atoms with E-state index in [2.05, 4.69) is 20.8 Å². The molecule has 4 fully saturated rings. The van der Waals surface area contributed by atoms with Crippen LogP contribution in [0.5, 0.6) is 0 Å². The first-order valence-corrected chi connectivity index (χ1v) is 27.5. The lowest BCUT2D eigenvalue weighted by atomic mass is 9.44. The van der Waals surface area contributed by atoms with E-state index in [9.17, 15) is 24.3 Å². The van der Waals surface area contributed by atoms with E-state index < -0.39 is 132 Å². The van der Waals surface area contributed by atoms with Crippen molar-refractivity contribution in [1.29, 1.82) is 0 Å². The molecular weight excluding hydrogens is 931 g/mol. The van der Waals surface area contributed by atoms with Crippen LogP contribution in [-0.2, 0) is 56.8 Å². The number of carbonyl (C=O) groups is 6. The minimum absolute atomic E-state index is 0.0909. The molecule has 16 nitrogen and oxygen atoms in total. The molecule has 17 heteroatoms. The lowest BCUT2D eigenvalue weighted by Gasteiger charge is -2.68. The second kappa shape index (κ2) is 19.2. The zero-order valence-electron chi connectivity index (χ0n) is 43.7. The van der Waals surface area contributed by atoms with Gasteiger partial charge in [-0.05, 0) is 95.4 Å². The van der Waals surface area contributed by atoms with Crippen molar-refractivity contribution in [3.63, 3.8) is 0 Å². The predicted molar refractivity (Wildman–Crippen MR) is 261 cm³/mol. The quantitative estimate of drug-likeness (QED) is 0.0920. The van der Waals surface area contributed by atoms with Gasteiger partial charge in [-0.15, -0.1) is 0 Å². The number of benzene rings is 2. The van der Waals surface area contributed by atoms with Gasteiger partial charge in [0.05, 0.1) is 29.6 Å². The molecule has 7 rings (SSSR count). The van der Waals surface area contributed by atoms with E-state index in [1.54, 1.807) is 123 Å². The molecule has 0 spiro atoms. The summed E-state index contributed by atoms with van der Waals surface area (Å²) in [5.41, 5.74) is -8.64. The van der Waals surface area contributed by atoms with Crippen LogP contribution in [0.15, 0.2) is 71.8 Å². The summed E-state index contributed by atoms with van der Waals surface area (Å²) in [5, 5.41) is 14.2. The van der Waals surface area contributed by atoms with Gasteiger partial charge in [0.15, 0.2) is 31.9 Å². The van der Waals surface area contributed by atoms with E-state index in [0.717, 1.165) is 0 Å². The molecule has 71 heavy (non-hydrogen) atoms. The highest BCUT2D eigenvalue weighted by atomic mass is 28.4. The first-order valence-electron chi connectivity index (χ1n) is 24.9. The van der Waals surface area contributed by atoms with Crippen molar-refractivity contribution in [2.75, 3.05) is 6.61 Å². The monoisotopic (exact) mass is 1000 g/mol. The molecular formula is C54H73NO15Si. The maximum Gasteiger partial charge on any atom is 0.413 e. The van der Waals surface area contributed by atoms with Crippen LogP contribution in [0.2, 0.25) is 18.1 Å². The van der Waals surface area contributed by atoms with E-state index in [1.165, 1.54) is 18.7 Å². The molecule has 0 unspecified atom stereocenters. The summed E-state index contributed by atoms with van der Waals surface area (Å²) in [5.74, 6) is -5.33. The molecule has 2 aliphatic heterocycles. The van der Waals surface area contributed by atoms with Crippen LogP contribution in [-0.4, -0.2) is 120 Å². The third-order valence-corrected chi connectivity index (χ3v) is 20.9. The summed E-state index contributed by atoms with van der Waals surface area (Å²) in [6.07, 6.45) is -9.21. The number of hydrogen-bond donors (Lipinski definition) is 1. The van der Waals surface area contributed by atoms with Crippen LogP contribution < -0.4 is 0 Å². The zero-order chi connectivity index (χ0) is 52.4. The number of fused-ring (bicyclic) bond motifs is 5. The number of hydrogen-bond acceptors (Lipinski definition) is 15. The number of nitrogens with zero attached hydrogens (tertiary/aromatic N) is 1. The Balaban J connectivity index is 1.47. The molecule has 11 atom stereocenters. The summed E-state index contributed by atoms with van der Waals surface area (Å²) in [6.45, 7) is 23.5. The van der Waals surface area contributed by atoms with Gasteiger partial charge in [0.1, 0.15) is 41.3 Å².